The SMILES string of the molecule is COCCNC(C)c1ccc(F)c(Br)c1. The fraction of sp³-hybridized carbons (Fsp3) is 0.455. The number of methoxy groups -OCH3 is 1. The van der Waals surface area contributed by atoms with Crippen molar-refractivity contribution in [3.8, 4) is 0 Å². The average Bonchev–Trinajstić information content (AvgIpc) is 2.22. The van der Waals surface area contributed by atoms with Crippen molar-refractivity contribution in [2.45, 2.75) is 13.0 Å². The van der Waals surface area contributed by atoms with E-state index in [4.69, 9.17) is 4.74 Å². The van der Waals surface area contributed by atoms with Crippen LogP contribution in [0.5, 0.6) is 0 Å². The van der Waals surface area contributed by atoms with Crippen LogP contribution in [0.3, 0.4) is 0 Å². The first-order valence-electron chi connectivity index (χ1n) is 4.82. The van der Waals surface area contributed by atoms with Crippen molar-refractivity contribution in [2.24, 2.45) is 0 Å². The Hall–Kier alpha value is -0.450. The first-order valence-corrected chi connectivity index (χ1v) is 5.61. The predicted octanol–water partition coefficient (Wildman–Crippen LogP) is 2.89. The van der Waals surface area contributed by atoms with Gasteiger partial charge < -0.3 is 10.1 Å². The molecule has 0 heterocycles. The summed E-state index contributed by atoms with van der Waals surface area (Å²) in [5.74, 6) is -0.233. The molecule has 1 aromatic rings. The Morgan fingerprint density at radius 3 is 2.87 bits per heavy atom. The molecule has 0 spiro atoms. The molecular weight excluding hydrogens is 261 g/mol. The Balaban J connectivity index is 2.57. The van der Waals surface area contributed by atoms with Crippen molar-refractivity contribution in [2.75, 3.05) is 20.3 Å². The van der Waals surface area contributed by atoms with Gasteiger partial charge in [-0.05, 0) is 40.5 Å². The second kappa shape index (κ2) is 6.20. The van der Waals surface area contributed by atoms with Crippen molar-refractivity contribution in [1.82, 2.24) is 5.32 Å². The van der Waals surface area contributed by atoms with Crippen molar-refractivity contribution < 1.29 is 9.13 Å². The fourth-order valence-corrected chi connectivity index (χ4v) is 1.67. The molecule has 0 saturated heterocycles. The van der Waals surface area contributed by atoms with E-state index in [2.05, 4.69) is 21.2 Å². The highest BCUT2D eigenvalue weighted by atomic mass is 79.9. The summed E-state index contributed by atoms with van der Waals surface area (Å²) < 4.78 is 18.4. The molecule has 1 N–H and O–H groups in total. The Labute approximate surface area is 98.0 Å². The quantitative estimate of drug-likeness (QED) is 0.835. The third kappa shape index (κ3) is 3.89. The lowest BCUT2D eigenvalue weighted by molar-refractivity contribution is 0.196. The lowest BCUT2D eigenvalue weighted by Crippen LogP contribution is -2.22. The molecule has 84 valence electrons. The molecule has 0 saturated carbocycles. The van der Waals surface area contributed by atoms with Crippen LogP contribution < -0.4 is 5.32 Å². The zero-order valence-corrected chi connectivity index (χ0v) is 10.5. The van der Waals surface area contributed by atoms with E-state index in [1.54, 1.807) is 19.2 Å². The van der Waals surface area contributed by atoms with Crippen molar-refractivity contribution in [3.05, 3.63) is 34.1 Å². The monoisotopic (exact) mass is 275 g/mol. The van der Waals surface area contributed by atoms with Gasteiger partial charge in [-0.2, -0.15) is 0 Å². The van der Waals surface area contributed by atoms with E-state index >= 15 is 0 Å². The Kier molecular flexibility index (Phi) is 5.22. The minimum atomic E-state index is -0.233. The van der Waals surface area contributed by atoms with Gasteiger partial charge in [-0.25, -0.2) is 4.39 Å². The van der Waals surface area contributed by atoms with Gasteiger partial charge in [0.2, 0.25) is 0 Å². The smallest absolute Gasteiger partial charge is 0.137 e. The van der Waals surface area contributed by atoms with Crippen LogP contribution in [0, 0.1) is 5.82 Å². The van der Waals surface area contributed by atoms with Crippen LogP contribution in [-0.4, -0.2) is 20.3 Å². The zero-order valence-electron chi connectivity index (χ0n) is 8.89. The van der Waals surface area contributed by atoms with Crippen LogP contribution in [0.15, 0.2) is 22.7 Å². The molecule has 0 fully saturated rings. The van der Waals surface area contributed by atoms with E-state index in [0.29, 0.717) is 11.1 Å². The molecule has 0 aromatic heterocycles. The van der Waals surface area contributed by atoms with Gasteiger partial charge in [-0.1, -0.05) is 6.07 Å². The topological polar surface area (TPSA) is 21.3 Å². The molecular formula is C11H15BrFNO. The van der Waals surface area contributed by atoms with Crippen LogP contribution in [0.4, 0.5) is 4.39 Å². The predicted molar refractivity (Wildman–Crippen MR) is 62.4 cm³/mol. The van der Waals surface area contributed by atoms with Crippen molar-refractivity contribution in [1.29, 1.82) is 0 Å². The van der Waals surface area contributed by atoms with E-state index in [9.17, 15) is 4.39 Å². The average molecular weight is 276 g/mol. The van der Waals surface area contributed by atoms with Gasteiger partial charge in [0.05, 0.1) is 11.1 Å². The number of rotatable bonds is 5. The van der Waals surface area contributed by atoms with Crippen molar-refractivity contribution >= 4 is 15.9 Å². The van der Waals surface area contributed by atoms with Crippen LogP contribution in [-0.2, 0) is 4.74 Å². The van der Waals surface area contributed by atoms with E-state index in [0.717, 1.165) is 12.1 Å². The molecule has 1 atom stereocenters. The summed E-state index contributed by atoms with van der Waals surface area (Å²) >= 11 is 3.17. The van der Waals surface area contributed by atoms with E-state index in [1.165, 1.54) is 6.07 Å². The minimum absolute atomic E-state index is 0.192. The molecule has 1 aromatic carbocycles. The second-order valence-corrected chi connectivity index (χ2v) is 4.20. The molecule has 0 bridgehead atoms. The molecule has 2 nitrogen and oxygen atoms in total. The molecule has 15 heavy (non-hydrogen) atoms. The van der Waals surface area contributed by atoms with Crippen LogP contribution in [0.1, 0.15) is 18.5 Å². The van der Waals surface area contributed by atoms with Crippen molar-refractivity contribution in [3.63, 3.8) is 0 Å². The standard InChI is InChI=1S/C11H15BrFNO/c1-8(14-5-6-15-2)9-3-4-11(13)10(12)7-9/h3-4,7-8,14H,5-6H2,1-2H3. The Morgan fingerprint density at radius 2 is 2.27 bits per heavy atom. The largest absolute Gasteiger partial charge is 0.383 e. The summed E-state index contributed by atoms with van der Waals surface area (Å²) in [4.78, 5) is 0. The van der Waals surface area contributed by atoms with E-state index in [-0.39, 0.29) is 11.9 Å². The number of hydrogen-bond acceptors (Lipinski definition) is 2. The third-order valence-electron chi connectivity index (χ3n) is 2.20. The normalized spacial score (nSPS) is 12.8. The number of hydrogen-bond donors (Lipinski definition) is 1. The van der Waals surface area contributed by atoms with E-state index < -0.39 is 0 Å². The fourth-order valence-electron chi connectivity index (χ4n) is 1.28. The maximum atomic E-state index is 13.0. The van der Waals surface area contributed by atoms with Crippen LogP contribution in [0.25, 0.3) is 0 Å². The molecule has 1 rings (SSSR count). The summed E-state index contributed by atoms with van der Waals surface area (Å²) in [6.07, 6.45) is 0. The van der Waals surface area contributed by atoms with Gasteiger partial charge in [0.1, 0.15) is 5.82 Å². The number of halogens is 2. The molecule has 0 aliphatic carbocycles. The first-order chi connectivity index (χ1) is 7.15. The minimum Gasteiger partial charge on any atom is -0.383 e. The Morgan fingerprint density at radius 1 is 1.53 bits per heavy atom. The molecule has 4 heteroatoms. The maximum Gasteiger partial charge on any atom is 0.137 e. The number of benzene rings is 1. The van der Waals surface area contributed by atoms with Gasteiger partial charge in [0, 0.05) is 19.7 Å². The molecule has 0 aliphatic heterocycles. The van der Waals surface area contributed by atoms with Gasteiger partial charge in [0.15, 0.2) is 0 Å². The molecule has 0 radical (unpaired) electrons. The highest BCUT2D eigenvalue weighted by Crippen LogP contribution is 2.20. The molecule has 0 aliphatic rings. The van der Waals surface area contributed by atoms with Gasteiger partial charge in [-0.3, -0.25) is 0 Å². The summed E-state index contributed by atoms with van der Waals surface area (Å²) in [5, 5.41) is 3.28. The summed E-state index contributed by atoms with van der Waals surface area (Å²) in [7, 11) is 1.67. The third-order valence-corrected chi connectivity index (χ3v) is 2.81. The molecule has 0 amide bonds. The number of ether oxygens (including phenoxy) is 1. The highest BCUT2D eigenvalue weighted by molar-refractivity contribution is 9.10. The lowest BCUT2D eigenvalue weighted by Gasteiger charge is -2.14. The van der Waals surface area contributed by atoms with Crippen LogP contribution >= 0.6 is 15.9 Å². The lowest BCUT2D eigenvalue weighted by atomic mass is 10.1. The number of nitrogens with one attached hydrogen (secondary N) is 1. The van der Waals surface area contributed by atoms with Gasteiger partial charge >= 0.3 is 0 Å². The molecule has 1 unspecified atom stereocenters. The van der Waals surface area contributed by atoms with E-state index in [1.807, 2.05) is 6.92 Å². The second-order valence-electron chi connectivity index (χ2n) is 3.34. The van der Waals surface area contributed by atoms with Gasteiger partial charge in [-0.15, -0.1) is 0 Å². The van der Waals surface area contributed by atoms with Crippen LogP contribution in [0.2, 0.25) is 0 Å². The Bertz CT molecular complexity index is 319. The summed E-state index contributed by atoms with van der Waals surface area (Å²) in [6, 6.07) is 5.23. The zero-order chi connectivity index (χ0) is 11.3. The highest BCUT2D eigenvalue weighted by Gasteiger charge is 2.06. The van der Waals surface area contributed by atoms with Gasteiger partial charge in [0.25, 0.3) is 0 Å². The summed E-state index contributed by atoms with van der Waals surface area (Å²) in [5.41, 5.74) is 1.05. The maximum absolute atomic E-state index is 13.0. The summed E-state index contributed by atoms with van der Waals surface area (Å²) in [6.45, 7) is 3.49. The first kappa shape index (κ1) is 12.6.